The Balaban J connectivity index is 1.78. The molecule has 0 radical (unpaired) electrons. The molecule has 0 bridgehead atoms. The maximum atomic E-state index is 13.5. The van der Waals surface area contributed by atoms with Gasteiger partial charge in [-0.15, -0.1) is 0 Å². The van der Waals surface area contributed by atoms with Gasteiger partial charge in [-0.1, -0.05) is 17.7 Å². The van der Waals surface area contributed by atoms with Crippen LogP contribution in [0.5, 0.6) is 0 Å². The largest absolute Gasteiger partial charge is 0.314 e. The maximum Gasteiger partial charge on any atom is 0.142 e. The molecule has 0 spiro atoms. The Bertz CT molecular complexity index is 475. The standard InChI is InChI=1S/C15H20ClFN2/c1-15(12-3-4-12)10-18-6-7-19(15)9-11-2-5-13(16)14(17)8-11/h2,5,8,12,18H,3-4,6-7,9-10H2,1H3. The van der Waals surface area contributed by atoms with Crippen LogP contribution in [-0.2, 0) is 6.54 Å². The Hall–Kier alpha value is -0.640. The van der Waals surface area contributed by atoms with Gasteiger partial charge in [-0.25, -0.2) is 4.39 Å². The Labute approximate surface area is 118 Å². The molecular weight excluding hydrogens is 263 g/mol. The minimum absolute atomic E-state index is 0.203. The molecule has 0 aromatic heterocycles. The summed E-state index contributed by atoms with van der Waals surface area (Å²) >= 11 is 5.74. The number of nitrogens with one attached hydrogen (secondary N) is 1. The molecule has 1 N–H and O–H groups in total. The van der Waals surface area contributed by atoms with Crippen LogP contribution in [0.3, 0.4) is 0 Å². The Kier molecular flexibility index (Phi) is 3.54. The Morgan fingerprint density at radius 1 is 1.47 bits per heavy atom. The van der Waals surface area contributed by atoms with Gasteiger partial charge in [0.05, 0.1) is 5.02 Å². The van der Waals surface area contributed by atoms with E-state index in [9.17, 15) is 4.39 Å². The fourth-order valence-corrected chi connectivity index (χ4v) is 3.27. The van der Waals surface area contributed by atoms with Crippen LogP contribution in [0, 0.1) is 11.7 Å². The van der Waals surface area contributed by atoms with Crippen molar-refractivity contribution < 1.29 is 4.39 Å². The zero-order valence-corrected chi connectivity index (χ0v) is 12.0. The van der Waals surface area contributed by atoms with Gasteiger partial charge in [0.15, 0.2) is 0 Å². The van der Waals surface area contributed by atoms with E-state index in [0.717, 1.165) is 37.7 Å². The first kappa shape index (κ1) is 13.3. The molecule has 2 aliphatic rings. The molecule has 1 aliphatic carbocycles. The van der Waals surface area contributed by atoms with E-state index in [4.69, 9.17) is 11.6 Å². The van der Waals surface area contributed by atoms with Gasteiger partial charge < -0.3 is 5.32 Å². The van der Waals surface area contributed by atoms with Crippen molar-refractivity contribution in [1.29, 1.82) is 0 Å². The second kappa shape index (κ2) is 5.04. The molecule has 1 aromatic carbocycles. The summed E-state index contributed by atoms with van der Waals surface area (Å²) in [7, 11) is 0. The summed E-state index contributed by atoms with van der Waals surface area (Å²) < 4.78 is 13.5. The minimum atomic E-state index is -0.317. The molecule has 1 saturated carbocycles. The number of nitrogens with zero attached hydrogens (tertiary/aromatic N) is 1. The van der Waals surface area contributed by atoms with Crippen LogP contribution in [0.4, 0.5) is 4.39 Å². The van der Waals surface area contributed by atoms with Gasteiger partial charge in [0.1, 0.15) is 5.82 Å². The molecular formula is C15H20ClFN2. The second-order valence-corrected chi connectivity index (χ2v) is 6.39. The zero-order chi connectivity index (χ0) is 13.5. The first-order valence-corrected chi connectivity index (χ1v) is 7.37. The first-order valence-electron chi connectivity index (χ1n) is 6.99. The lowest BCUT2D eigenvalue weighted by atomic mass is 9.90. The summed E-state index contributed by atoms with van der Waals surface area (Å²) in [5.41, 5.74) is 1.23. The van der Waals surface area contributed by atoms with E-state index < -0.39 is 0 Å². The van der Waals surface area contributed by atoms with E-state index in [1.54, 1.807) is 12.1 Å². The lowest BCUT2D eigenvalue weighted by Gasteiger charge is -2.46. The topological polar surface area (TPSA) is 15.3 Å². The van der Waals surface area contributed by atoms with Crippen LogP contribution in [0.1, 0.15) is 25.3 Å². The molecule has 1 atom stereocenters. The van der Waals surface area contributed by atoms with Crippen molar-refractivity contribution in [2.24, 2.45) is 5.92 Å². The highest BCUT2D eigenvalue weighted by molar-refractivity contribution is 6.30. The predicted octanol–water partition coefficient (Wildman–Crippen LogP) is 3.05. The zero-order valence-electron chi connectivity index (χ0n) is 11.3. The summed E-state index contributed by atoms with van der Waals surface area (Å²) in [6.07, 6.45) is 2.65. The third kappa shape index (κ3) is 2.64. The van der Waals surface area contributed by atoms with Gasteiger partial charge in [0, 0.05) is 31.7 Å². The van der Waals surface area contributed by atoms with E-state index in [-0.39, 0.29) is 16.4 Å². The van der Waals surface area contributed by atoms with Crippen LogP contribution in [-0.4, -0.2) is 30.1 Å². The van der Waals surface area contributed by atoms with E-state index in [2.05, 4.69) is 17.1 Å². The molecule has 1 saturated heterocycles. The average molecular weight is 283 g/mol. The van der Waals surface area contributed by atoms with Crippen molar-refractivity contribution in [2.75, 3.05) is 19.6 Å². The molecule has 104 valence electrons. The molecule has 1 aromatic rings. The third-order valence-corrected chi connectivity index (χ3v) is 4.88. The number of hydrogen-bond acceptors (Lipinski definition) is 2. The van der Waals surface area contributed by atoms with Gasteiger partial charge in [-0.05, 0) is 43.4 Å². The van der Waals surface area contributed by atoms with Crippen molar-refractivity contribution in [3.63, 3.8) is 0 Å². The molecule has 4 heteroatoms. The number of benzene rings is 1. The second-order valence-electron chi connectivity index (χ2n) is 5.98. The predicted molar refractivity (Wildman–Crippen MR) is 75.8 cm³/mol. The molecule has 2 nitrogen and oxygen atoms in total. The molecule has 2 fully saturated rings. The monoisotopic (exact) mass is 282 g/mol. The average Bonchev–Trinajstić information content (AvgIpc) is 3.21. The summed E-state index contributed by atoms with van der Waals surface area (Å²) in [5, 5.41) is 3.70. The van der Waals surface area contributed by atoms with Crippen molar-refractivity contribution in [3.05, 3.63) is 34.6 Å². The maximum absolute atomic E-state index is 13.5. The number of hydrogen-bond donors (Lipinski definition) is 1. The van der Waals surface area contributed by atoms with Crippen LogP contribution in [0.2, 0.25) is 5.02 Å². The fourth-order valence-electron chi connectivity index (χ4n) is 3.15. The van der Waals surface area contributed by atoms with Gasteiger partial charge in [0.25, 0.3) is 0 Å². The normalized spacial score (nSPS) is 28.6. The molecule has 3 rings (SSSR count). The number of piperazine rings is 1. The van der Waals surface area contributed by atoms with Crippen molar-refractivity contribution in [2.45, 2.75) is 31.8 Å². The van der Waals surface area contributed by atoms with E-state index in [0.29, 0.717) is 0 Å². The van der Waals surface area contributed by atoms with Crippen molar-refractivity contribution in [1.82, 2.24) is 10.2 Å². The van der Waals surface area contributed by atoms with Crippen LogP contribution in [0.25, 0.3) is 0 Å². The Morgan fingerprint density at radius 3 is 2.95 bits per heavy atom. The molecule has 1 heterocycles. The van der Waals surface area contributed by atoms with Crippen molar-refractivity contribution >= 4 is 11.6 Å². The minimum Gasteiger partial charge on any atom is -0.314 e. The number of rotatable bonds is 3. The summed E-state index contributed by atoms with van der Waals surface area (Å²) in [5.74, 6) is 0.472. The summed E-state index contributed by atoms with van der Waals surface area (Å²) in [6, 6.07) is 5.15. The van der Waals surface area contributed by atoms with Crippen LogP contribution >= 0.6 is 11.6 Å². The van der Waals surface area contributed by atoms with E-state index >= 15 is 0 Å². The fraction of sp³-hybridized carbons (Fsp3) is 0.600. The molecule has 19 heavy (non-hydrogen) atoms. The molecule has 1 unspecified atom stereocenters. The first-order chi connectivity index (χ1) is 9.09. The van der Waals surface area contributed by atoms with Crippen LogP contribution < -0.4 is 5.32 Å². The highest BCUT2D eigenvalue weighted by Crippen LogP contribution is 2.44. The highest BCUT2D eigenvalue weighted by Gasteiger charge is 2.46. The lowest BCUT2D eigenvalue weighted by Crippen LogP contribution is -2.60. The van der Waals surface area contributed by atoms with Gasteiger partial charge in [-0.3, -0.25) is 4.90 Å². The smallest absolute Gasteiger partial charge is 0.142 e. The van der Waals surface area contributed by atoms with E-state index in [1.807, 2.05) is 6.07 Å². The number of halogens is 2. The quantitative estimate of drug-likeness (QED) is 0.917. The molecule has 1 aliphatic heterocycles. The highest BCUT2D eigenvalue weighted by atomic mass is 35.5. The third-order valence-electron chi connectivity index (χ3n) is 4.58. The summed E-state index contributed by atoms with van der Waals surface area (Å²) in [4.78, 5) is 2.50. The SMILES string of the molecule is CC1(C2CC2)CNCCN1Cc1ccc(Cl)c(F)c1. The van der Waals surface area contributed by atoms with Gasteiger partial charge in [-0.2, -0.15) is 0 Å². The lowest BCUT2D eigenvalue weighted by molar-refractivity contribution is 0.0484. The van der Waals surface area contributed by atoms with Crippen molar-refractivity contribution in [3.8, 4) is 0 Å². The Morgan fingerprint density at radius 2 is 2.26 bits per heavy atom. The van der Waals surface area contributed by atoms with Gasteiger partial charge in [0.2, 0.25) is 0 Å². The van der Waals surface area contributed by atoms with E-state index in [1.165, 1.54) is 12.8 Å². The van der Waals surface area contributed by atoms with Crippen LogP contribution in [0.15, 0.2) is 18.2 Å². The van der Waals surface area contributed by atoms with Gasteiger partial charge >= 0.3 is 0 Å². The summed E-state index contributed by atoms with van der Waals surface area (Å²) in [6.45, 7) is 6.22. The molecule has 0 amide bonds.